The first-order valence-corrected chi connectivity index (χ1v) is 6.43. The average Bonchev–Trinajstić information content (AvgIpc) is 2.54. The second-order valence-corrected chi connectivity index (χ2v) is 4.59. The van der Waals surface area contributed by atoms with Gasteiger partial charge in [-0.15, -0.1) is 0 Å². The predicted octanol–water partition coefficient (Wildman–Crippen LogP) is 0.716. The highest BCUT2D eigenvalue weighted by atomic mass is 16.1. The maximum atomic E-state index is 11.8. The molecule has 1 aliphatic heterocycles. The van der Waals surface area contributed by atoms with Gasteiger partial charge in [0.25, 0.3) is 0 Å². The molecule has 1 atom stereocenters. The number of nitrogens with zero attached hydrogens (tertiary/aromatic N) is 1. The zero-order valence-electron chi connectivity index (χ0n) is 10.6. The van der Waals surface area contributed by atoms with Crippen LogP contribution in [0.1, 0.15) is 39.5 Å². The van der Waals surface area contributed by atoms with Crippen LogP contribution in [0.5, 0.6) is 0 Å². The van der Waals surface area contributed by atoms with Crippen LogP contribution in [-0.2, 0) is 4.79 Å². The molecule has 1 heterocycles. The van der Waals surface area contributed by atoms with Crippen LogP contribution in [-0.4, -0.2) is 42.5 Å². The summed E-state index contributed by atoms with van der Waals surface area (Å²) >= 11 is 0. The molecule has 0 saturated carbocycles. The number of nitrogens with two attached hydrogens (primary N) is 1. The Hall–Kier alpha value is -0.610. The minimum absolute atomic E-state index is 0.154. The van der Waals surface area contributed by atoms with E-state index in [1.54, 1.807) is 0 Å². The lowest BCUT2D eigenvalue weighted by molar-refractivity contribution is -0.131. The second-order valence-electron chi connectivity index (χ2n) is 4.59. The number of nitrogens with one attached hydrogen (secondary N) is 1. The van der Waals surface area contributed by atoms with Crippen LogP contribution in [0.25, 0.3) is 0 Å². The Bertz CT molecular complexity index is 224. The van der Waals surface area contributed by atoms with Crippen LogP contribution in [0.3, 0.4) is 0 Å². The molecule has 1 saturated heterocycles. The van der Waals surface area contributed by atoms with Gasteiger partial charge in [-0.25, -0.2) is 0 Å². The zero-order valence-corrected chi connectivity index (χ0v) is 10.6. The maximum Gasteiger partial charge on any atom is 0.237 e. The highest BCUT2D eigenvalue weighted by Crippen LogP contribution is 2.26. The molecule has 4 nitrogen and oxygen atoms in total. The standard InChI is InChI=1S/C12H25N3O/c1-3-6-12(4-2,11(13)16)15-9-5-7-14-8-10-15/h14H,3-10H2,1-2H3,(H2,13,16). The Balaban J connectivity index is 2.83. The Morgan fingerprint density at radius 2 is 2.12 bits per heavy atom. The summed E-state index contributed by atoms with van der Waals surface area (Å²) in [6.07, 6.45) is 3.79. The molecule has 4 heteroatoms. The van der Waals surface area contributed by atoms with Crippen molar-refractivity contribution >= 4 is 5.91 Å². The molecular weight excluding hydrogens is 202 g/mol. The SMILES string of the molecule is CCCC(CC)(C(N)=O)N1CCCNCC1. The normalized spacial score (nSPS) is 22.4. The van der Waals surface area contributed by atoms with Crippen molar-refractivity contribution in [2.45, 2.75) is 45.1 Å². The van der Waals surface area contributed by atoms with Crippen LogP contribution in [0.15, 0.2) is 0 Å². The molecule has 0 aromatic heterocycles. The van der Waals surface area contributed by atoms with Crippen LogP contribution in [0.4, 0.5) is 0 Å². The van der Waals surface area contributed by atoms with Gasteiger partial charge in [0.05, 0.1) is 5.54 Å². The molecule has 0 spiro atoms. The summed E-state index contributed by atoms with van der Waals surface area (Å²) in [4.78, 5) is 14.1. The number of primary amides is 1. The van der Waals surface area contributed by atoms with E-state index in [0.29, 0.717) is 0 Å². The molecule has 1 fully saturated rings. The van der Waals surface area contributed by atoms with E-state index in [1.165, 1.54) is 0 Å². The second kappa shape index (κ2) is 6.21. The van der Waals surface area contributed by atoms with Crippen molar-refractivity contribution in [2.75, 3.05) is 26.2 Å². The summed E-state index contributed by atoms with van der Waals surface area (Å²) in [6, 6.07) is 0. The van der Waals surface area contributed by atoms with Gasteiger partial charge in [0.15, 0.2) is 0 Å². The molecule has 1 aliphatic rings. The Labute approximate surface area is 98.6 Å². The van der Waals surface area contributed by atoms with Crippen LogP contribution in [0.2, 0.25) is 0 Å². The van der Waals surface area contributed by atoms with Crippen molar-refractivity contribution in [3.63, 3.8) is 0 Å². The minimum atomic E-state index is -0.416. The van der Waals surface area contributed by atoms with Gasteiger partial charge in [-0.05, 0) is 25.8 Å². The minimum Gasteiger partial charge on any atom is -0.368 e. The van der Waals surface area contributed by atoms with Crippen molar-refractivity contribution in [3.05, 3.63) is 0 Å². The van der Waals surface area contributed by atoms with Crippen molar-refractivity contribution < 1.29 is 4.79 Å². The molecule has 94 valence electrons. The topological polar surface area (TPSA) is 58.4 Å². The van der Waals surface area contributed by atoms with Gasteiger partial charge in [-0.3, -0.25) is 9.69 Å². The number of hydrogen-bond donors (Lipinski definition) is 2. The number of carbonyl (C=O) groups is 1. The maximum absolute atomic E-state index is 11.8. The fourth-order valence-electron chi connectivity index (χ4n) is 2.70. The van der Waals surface area contributed by atoms with E-state index in [1.807, 2.05) is 0 Å². The van der Waals surface area contributed by atoms with Crippen molar-refractivity contribution in [2.24, 2.45) is 5.73 Å². The predicted molar refractivity (Wildman–Crippen MR) is 66.2 cm³/mol. The zero-order chi connectivity index (χ0) is 12.0. The molecule has 0 aromatic carbocycles. The third-order valence-corrected chi connectivity index (χ3v) is 3.65. The molecule has 1 unspecified atom stereocenters. The molecule has 3 N–H and O–H groups in total. The fourth-order valence-corrected chi connectivity index (χ4v) is 2.70. The molecule has 0 aromatic rings. The van der Waals surface area contributed by atoms with Gasteiger partial charge < -0.3 is 11.1 Å². The van der Waals surface area contributed by atoms with E-state index in [4.69, 9.17) is 5.73 Å². The Morgan fingerprint density at radius 1 is 1.38 bits per heavy atom. The molecule has 1 rings (SSSR count). The molecule has 16 heavy (non-hydrogen) atoms. The monoisotopic (exact) mass is 227 g/mol. The smallest absolute Gasteiger partial charge is 0.237 e. The number of amides is 1. The van der Waals surface area contributed by atoms with Gasteiger partial charge in [-0.1, -0.05) is 20.3 Å². The quantitative estimate of drug-likeness (QED) is 0.727. The summed E-state index contributed by atoms with van der Waals surface area (Å²) in [5, 5.41) is 3.36. The lowest BCUT2D eigenvalue weighted by atomic mass is 9.87. The highest BCUT2D eigenvalue weighted by molar-refractivity contribution is 5.84. The van der Waals surface area contributed by atoms with Gasteiger partial charge >= 0.3 is 0 Å². The lowest BCUT2D eigenvalue weighted by Crippen LogP contribution is -2.58. The van der Waals surface area contributed by atoms with E-state index in [9.17, 15) is 4.79 Å². The lowest BCUT2D eigenvalue weighted by Gasteiger charge is -2.40. The number of rotatable bonds is 5. The van der Waals surface area contributed by atoms with Crippen molar-refractivity contribution in [1.29, 1.82) is 0 Å². The average molecular weight is 227 g/mol. The third-order valence-electron chi connectivity index (χ3n) is 3.65. The Kier molecular flexibility index (Phi) is 5.22. The fraction of sp³-hybridized carbons (Fsp3) is 0.917. The largest absolute Gasteiger partial charge is 0.368 e. The van der Waals surface area contributed by atoms with Crippen molar-refractivity contribution in [3.8, 4) is 0 Å². The van der Waals surface area contributed by atoms with E-state index in [0.717, 1.165) is 51.9 Å². The molecular formula is C12H25N3O. The summed E-state index contributed by atoms with van der Waals surface area (Å²) < 4.78 is 0. The summed E-state index contributed by atoms with van der Waals surface area (Å²) in [7, 11) is 0. The van der Waals surface area contributed by atoms with Gasteiger partial charge in [0.1, 0.15) is 0 Å². The molecule has 0 bridgehead atoms. The van der Waals surface area contributed by atoms with Gasteiger partial charge in [0, 0.05) is 19.6 Å². The van der Waals surface area contributed by atoms with E-state index in [-0.39, 0.29) is 5.91 Å². The number of hydrogen-bond acceptors (Lipinski definition) is 3. The number of carbonyl (C=O) groups excluding carboxylic acids is 1. The van der Waals surface area contributed by atoms with E-state index >= 15 is 0 Å². The molecule has 0 radical (unpaired) electrons. The van der Waals surface area contributed by atoms with E-state index in [2.05, 4.69) is 24.1 Å². The molecule has 0 aliphatic carbocycles. The summed E-state index contributed by atoms with van der Waals surface area (Å²) in [5.41, 5.74) is 5.23. The van der Waals surface area contributed by atoms with Gasteiger partial charge in [-0.2, -0.15) is 0 Å². The van der Waals surface area contributed by atoms with E-state index < -0.39 is 5.54 Å². The summed E-state index contributed by atoms with van der Waals surface area (Å²) in [5.74, 6) is -0.154. The van der Waals surface area contributed by atoms with Gasteiger partial charge in [0.2, 0.25) is 5.91 Å². The van der Waals surface area contributed by atoms with Crippen LogP contribution in [0, 0.1) is 0 Å². The van der Waals surface area contributed by atoms with Crippen molar-refractivity contribution in [1.82, 2.24) is 10.2 Å². The van der Waals surface area contributed by atoms with Crippen LogP contribution >= 0.6 is 0 Å². The third kappa shape index (κ3) is 2.74. The first-order chi connectivity index (χ1) is 7.67. The Morgan fingerprint density at radius 3 is 2.69 bits per heavy atom. The first-order valence-electron chi connectivity index (χ1n) is 6.43. The highest BCUT2D eigenvalue weighted by Gasteiger charge is 2.39. The first kappa shape index (κ1) is 13.5. The summed E-state index contributed by atoms with van der Waals surface area (Å²) in [6.45, 7) is 8.09. The van der Waals surface area contributed by atoms with Crippen LogP contribution < -0.4 is 11.1 Å². The molecule has 1 amide bonds.